The van der Waals surface area contributed by atoms with E-state index in [0.29, 0.717) is 18.0 Å². The number of rotatable bonds is 2. The van der Waals surface area contributed by atoms with Crippen LogP contribution in [0.5, 0.6) is 0 Å². The summed E-state index contributed by atoms with van der Waals surface area (Å²) in [6.07, 6.45) is 1.19. The lowest BCUT2D eigenvalue weighted by molar-refractivity contribution is 0.145. The van der Waals surface area contributed by atoms with Crippen molar-refractivity contribution in [3.63, 3.8) is 0 Å². The van der Waals surface area contributed by atoms with Crippen LogP contribution in [-0.2, 0) is 0 Å². The first-order chi connectivity index (χ1) is 8.47. The Bertz CT molecular complexity index is 422. The van der Waals surface area contributed by atoms with E-state index in [9.17, 15) is 0 Å². The third-order valence-corrected chi connectivity index (χ3v) is 4.44. The number of hydrogen-bond acceptors (Lipinski definition) is 3. The number of anilines is 1. The number of nitrogens with zero attached hydrogens (tertiary/aromatic N) is 2. The van der Waals surface area contributed by atoms with Crippen molar-refractivity contribution in [2.24, 2.45) is 5.92 Å². The van der Waals surface area contributed by atoms with Crippen molar-refractivity contribution >= 4 is 21.6 Å². The lowest BCUT2D eigenvalue weighted by Crippen LogP contribution is -2.48. The first-order valence-electron chi connectivity index (χ1n) is 6.57. The van der Waals surface area contributed by atoms with Crippen LogP contribution < -0.4 is 5.32 Å². The molecule has 2 rings (SSSR count). The first kappa shape index (κ1) is 13.8. The highest BCUT2D eigenvalue weighted by Gasteiger charge is 2.28. The van der Waals surface area contributed by atoms with Gasteiger partial charge in [0.05, 0.1) is 11.4 Å². The van der Waals surface area contributed by atoms with Crippen molar-refractivity contribution in [3.8, 4) is 0 Å². The molecule has 0 aromatic carbocycles. The minimum absolute atomic E-state index is 0.540. The van der Waals surface area contributed by atoms with E-state index in [2.05, 4.69) is 65.0 Å². The van der Waals surface area contributed by atoms with Gasteiger partial charge in [0.25, 0.3) is 0 Å². The third-order valence-electron chi connectivity index (χ3n) is 4.00. The van der Waals surface area contributed by atoms with Crippen LogP contribution in [0.25, 0.3) is 0 Å². The van der Waals surface area contributed by atoms with Crippen LogP contribution in [0.4, 0.5) is 5.69 Å². The quantitative estimate of drug-likeness (QED) is 0.849. The van der Waals surface area contributed by atoms with Crippen LogP contribution in [0.2, 0.25) is 0 Å². The summed E-state index contributed by atoms with van der Waals surface area (Å²) in [5.74, 6) is 0.661. The summed E-state index contributed by atoms with van der Waals surface area (Å²) in [6, 6.07) is 5.29. The zero-order valence-electron chi connectivity index (χ0n) is 11.6. The highest BCUT2D eigenvalue weighted by atomic mass is 79.9. The molecule has 3 nitrogen and oxygen atoms in total. The van der Waals surface area contributed by atoms with E-state index in [-0.39, 0.29) is 0 Å². The molecule has 18 heavy (non-hydrogen) atoms. The molecule has 100 valence electrons. The number of aromatic nitrogens is 1. The Morgan fingerprint density at radius 2 is 2.11 bits per heavy atom. The number of pyridine rings is 1. The number of nitrogens with one attached hydrogen (secondary N) is 1. The van der Waals surface area contributed by atoms with Crippen molar-refractivity contribution in [1.29, 1.82) is 0 Å². The highest BCUT2D eigenvalue weighted by molar-refractivity contribution is 9.10. The maximum absolute atomic E-state index is 4.44. The molecular formula is C14H22BrN3. The molecule has 0 bridgehead atoms. The van der Waals surface area contributed by atoms with Crippen molar-refractivity contribution in [1.82, 2.24) is 9.88 Å². The Labute approximate surface area is 118 Å². The van der Waals surface area contributed by atoms with Gasteiger partial charge in [-0.15, -0.1) is 0 Å². The van der Waals surface area contributed by atoms with Gasteiger partial charge in [0.15, 0.2) is 0 Å². The van der Waals surface area contributed by atoms with E-state index < -0.39 is 0 Å². The molecule has 1 N–H and O–H groups in total. The second kappa shape index (κ2) is 5.57. The number of likely N-dealkylation sites (tertiary alicyclic amines) is 1. The smallest absolute Gasteiger partial charge is 0.106 e. The second-order valence-corrected chi connectivity index (χ2v) is 6.33. The van der Waals surface area contributed by atoms with Crippen LogP contribution >= 0.6 is 15.9 Å². The third kappa shape index (κ3) is 3.04. The normalized spacial score (nSPS) is 29.3. The summed E-state index contributed by atoms with van der Waals surface area (Å²) >= 11 is 3.41. The predicted octanol–water partition coefficient (Wildman–Crippen LogP) is 3.29. The molecule has 1 saturated heterocycles. The average molecular weight is 312 g/mol. The fraction of sp³-hybridized carbons (Fsp3) is 0.643. The van der Waals surface area contributed by atoms with Gasteiger partial charge in [0.2, 0.25) is 0 Å². The Balaban J connectivity index is 2.08. The van der Waals surface area contributed by atoms with E-state index in [0.717, 1.165) is 22.5 Å². The van der Waals surface area contributed by atoms with Crippen molar-refractivity contribution in [2.75, 3.05) is 18.9 Å². The SMILES string of the molecule is Cc1nc(Br)ccc1NC1CC(C)N(C)CC1C. The standard InChI is InChI=1S/C14H22BrN3/c1-9-8-18(4)10(2)7-13(9)17-12-5-6-14(15)16-11(12)3/h5-6,9-10,13,17H,7-8H2,1-4H3. The number of hydrogen-bond donors (Lipinski definition) is 1. The molecule has 1 aromatic rings. The Morgan fingerprint density at radius 3 is 2.78 bits per heavy atom. The van der Waals surface area contributed by atoms with Gasteiger partial charge in [-0.2, -0.15) is 0 Å². The van der Waals surface area contributed by atoms with Gasteiger partial charge in [-0.05, 0) is 61.3 Å². The van der Waals surface area contributed by atoms with Crippen molar-refractivity contribution in [3.05, 3.63) is 22.4 Å². The number of halogens is 1. The fourth-order valence-electron chi connectivity index (χ4n) is 2.63. The zero-order chi connectivity index (χ0) is 13.3. The molecule has 1 fully saturated rings. The number of aryl methyl sites for hydroxylation is 1. The molecule has 0 radical (unpaired) electrons. The molecule has 1 aliphatic heterocycles. The van der Waals surface area contributed by atoms with Crippen molar-refractivity contribution in [2.45, 2.75) is 39.3 Å². The molecule has 0 spiro atoms. The predicted molar refractivity (Wildman–Crippen MR) is 80.0 cm³/mol. The Kier molecular flexibility index (Phi) is 4.28. The summed E-state index contributed by atoms with van der Waals surface area (Å²) in [6.45, 7) is 7.83. The van der Waals surface area contributed by atoms with E-state index in [1.165, 1.54) is 6.42 Å². The average Bonchev–Trinajstić information content (AvgIpc) is 2.29. The molecule has 2 heterocycles. The minimum atomic E-state index is 0.540. The van der Waals surface area contributed by atoms with Crippen LogP contribution in [0.3, 0.4) is 0 Å². The van der Waals surface area contributed by atoms with Crippen molar-refractivity contribution < 1.29 is 0 Å². The van der Waals surface area contributed by atoms with Gasteiger partial charge < -0.3 is 10.2 Å². The molecule has 0 saturated carbocycles. The van der Waals surface area contributed by atoms with E-state index in [1.807, 2.05) is 6.07 Å². The van der Waals surface area contributed by atoms with Crippen LogP contribution in [0.15, 0.2) is 16.7 Å². The highest BCUT2D eigenvalue weighted by Crippen LogP contribution is 2.25. The van der Waals surface area contributed by atoms with Gasteiger partial charge in [-0.3, -0.25) is 0 Å². The molecule has 0 aliphatic carbocycles. The van der Waals surface area contributed by atoms with Gasteiger partial charge in [-0.1, -0.05) is 6.92 Å². The van der Waals surface area contributed by atoms with Crippen LogP contribution in [0.1, 0.15) is 26.0 Å². The van der Waals surface area contributed by atoms with E-state index in [1.54, 1.807) is 0 Å². The van der Waals surface area contributed by atoms with Gasteiger partial charge in [0, 0.05) is 18.6 Å². The molecular weight excluding hydrogens is 290 g/mol. The second-order valence-electron chi connectivity index (χ2n) is 5.52. The maximum atomic E-state index is 4.44. The summed E-state index contributed by atoms with van der Waals surface area (Å²) in [4.78, 5) is 6.88. The summed E-state index contributed by atoms with van der Waals surface area (Å²) in [5, 5.41) is 3.67. The molecule has 0 amide bonds. The van der Waals surface area contributed by atoms with E-state index >= 15 is 0 Å². The summed E-state index contributed by atoms with van der Waals surface area (Å²) in [5.41, 5.74) is 2.22. The molecule has 3 unspecified atom stereocenters. The fourth-order valence-corrected chi connectivity index (χ4v) is 3.02. The maximum Gasteiger partial charge on any atom is 0.106 e. The monoisotopic (exact) mass is 311 g/mol. The minimum Gasteiger partial charge on any atom is -0.380 e. The number of piperidine rings is 1. The largest absolute Gasteiger partial charge is 0.380 e. The Morgan fingerprint density at radius 1 is 1.39 bits per heavy atom. The van der Waals surface area contributed by atoms with Gasteiger partial charge in [0.1, 0.15) is 4.60 Å². The summed E-state index contributed by atoms with van der Waals surface area (Å²) in [7, 11) is 2.21. The molecule has 3 atom stereocenters. The lowest BCUT2D eigenvalue weighted by Gasteiger charge is -2.40. The van der Waals surface area contributed by atoms with Gasteiger partial charge >= 0.3 is 0 Å². The lowest BCUT2D eigenvalue weighted by atomic mass is 9.89. The molecule has 1 aromatic heterocycles. The topological polar surface area (TPSA) is 28.2 Å². The van der Waals surface area contributed by atoms with Crippen LogP contribution in [-0.4, -0.2) is 35.6 Å². The zero-order valence-corrected chi connectivity index (χ0v) is 13.2. The molecule has 4 heteroatoms. The summed E-state index contributed by atoms with van der Waals surface area (Å²) < 4.78 is 0.898. The van der Waals surface area contributed by atoms with E-state index in [4.69, 9.17) is 0 Å². The first-order valence-corrected chi connectivity index (χ1v) is 7.36. The molecule has 1 aliphatic rings. The Hall–Kier alpha value is -0.610. The van der Waals surface area contributed by atoms with Crippen LogP contribution in [0, 0.1) is 12.8 Å². The van der Waals surface area contributed by atoms with Gasteiger partial charge in [-0.25, -0.2) is 4.98 Å².